The molecule has 5 nitrogen and oxygen atoms in total. The van der Waals surface area contributed by atoms with E-state index in [0.29, 0.717) is 5.56 Å². The molecule has 0 radical (unpaired) electrons. The average Bonchev–Trinajstić information content (AvgIpc) is 2.99. The Balaban J connectivity index is 1.77. The van der Waals surface area contributed by atoms with Gasteiger partial charge in [-0.2, -0.15) is 5.10 Å². The van der Waals surface area contributed by atoms with Crippen molar-refractivity contribution in [1.82, 2.24) is 9.78 Å². The van der Waals surface area contributed by atoms with E-state index < -0.39 is 0 Å². The van der Waals surface area contributed by atoms with Crippen molar-refractivity contribution in [3.05, 3.63) is 42.6 Å². The predicted octanol–water partition coefficient (Wildman–Crippen LogP) is 2.11. The van der Waals surface area contributed by atoms with Gasteiger partial charge in [-0.25, -0.2) is 4.79 Å². The summed E-state index contributed by atoms with van der Waals surface area (Å²) in [6.07, 6.45) is 7.01. The summed E-state index contributed by atoms with van der Waals surface area (Å²) < 4.78 is 11.9. The van der Waals surface area contributed by atoms with Crippen molar-refractivity contribution >= 4 is 5.97 Å². The van der Waals surface area contributed by atoms with Crippen LogP contribution >= 0.6 is 0 Å². The fourth-order valence-corrected chi connectivity index (χ4v) is 1.44. The van der Waals surface area contributed by atoms with E-state index in [-0.39, 0.29) is 12.1 Å². The normalized spacial score (nSPS) is 12.3. The molecule has 0 aromatic carbocycles. The summed E-state index contributed by atoms with van der Waals surface area (Å²) in [7, 11) is 0. The Kier molecular flexibility index (Phi) is 3.59. The third-order valence-corrected chi connectivity index (χ3v) is 2.39. The van der Waals surface area contributed by atoms with Crippen molar-refractivity contribution in [3.63, 3.8) is 0 Å². The van der Waals surface area contributed by atoms with Gasteiger partial charge in [0.2, 0.25) is 0 Å². The van der Waals surface area contributed by atoms with Gasteiger partial charge in [0, 0.05) is 25.4 Å². The lowest BCUT2D eigenvalue weighted by molar-refractivity contribution is 0.0313. The zero-order valence-corrected chi connectivity index (χ0v) is 9.57. The van der Waals surface area contributed by atoms with Crippen LogP contribution in [0.15, 0.2) is 41.5 Å². The standard InChI is InChI=1S/C12H14N2O3/c1-10(3-7-14-6-2-5-13-14)17-12(15)11-4-8-16-9-11/h2,4-6,8-10H,3,7H2,1H3/t10-/m0/s1. The minimum atomic E-state index is -0.355. The van der Waals surface area contributed by atoms with Crippen LogP contribution in [0.3, 0.4) is 0 Å². The number of aromatic nitrogens is 2. The molecule has 1 atom stereocenters. The number of hydrogen-bond acceptors (Lipinski definition) is 4. The molecule has 0 bridgehead atoms. The van der Waals surface area contributed by atoms with Crippen LogP contribution in [0.4, 0.5) is 0 Å². The summed E-state index contributed by atoms with van der Waals surface area (Å²) in [5.74, 6) is -0.355. The van der Waals surface area contributed by atoms with E-state index in [1.807, 2.05) is 23.9 Å². The van der Waals surface area contributed by atoms with Crippen molar-refractivity contribution in [1.29, 1.82) is 0 Å². The number of carbonyl (C=O) groups is 1. The first-order valence-electron chi connectivity index (χ1n) is 5.46. The van der Waals surface area contributed by atoms with Crippen molar-refractivity contribution < 1.29 is 13.9 Å². The van der Waals surface area contributed by atoms with Crippen LogP contribution in [0.5, 0.6) is 0 Å². The number of carbonyl (C=O) groups excluding carboxylic acids is 1. The van der Waals surface area contributed by atoms with Crippen molar-refractivity contribution in [2.24, 2.45) is 0 Å². The molecule has 17 heavy (non-hydrogen) atoms. The van der Waals surface area contributed by atoms with Crippen LogP contribution in [0.2, 0.25) is 0 Å². The highest BCUT2D eigenvalue weighted by Crippen LogP contribution is 2.07. The molecule has 2 aromatic rings. The zero-order chi connectivity index (χ0) is 12.1. The fraction of sp³-hybridized carbons (Fsp3) is 0.333. The van der Waals surface area contributed by atoms with Crippen LogP contribution in [-0.2, 0) is 11.3 Å². The second kappa shape index (κ2) is 5.34. The molecule has 2 rings (SSSR count). The van der Waals surface area contributed by atoms with Gasteiger partial charge in [0.05, 0.1) is 11.8 Å². The number of ether oxygens (including phenoxy) is 1. The molecule has 0 aliphatic heterocycles. The molecule has 0 N–H and O–H groups in total. The van der Waals surface area contributed by atoms with Crippen LogP contribution in [0, 0.1) is 0 Å². The SMILES string of the molecule is C[C@@H](CCn1cccn1)OC(=O)c1ccoc1. The molecular weight excluding hydrogens is 220 g/mol. The van der Waals surface area contributed by atoms with Crippen molar-refractivity contribution in [2.45, 2.75) is 26.0 Å². The molecule has 2 heterocycles. The predicted molar refractivity (Wildman–Crippen MR) is 60.4 cm³/mol. The second-order valence-corrected chi connectivity index (χ2v) is 3.79. The largest absolute Gasteiger partial charge is 0.472 e. The van der Waals surface area contributed by atoms with E-state index in [4.69, 9.17) is 9.15 Å². The quantitative estimate of drug-likeness (QED) is 0.743. The lowest BCUT2D eigenvalue weighted by Gasteiger charge is -2.12. The highest BCUT2D eigenvalue weighted by molar-refractivity contribution is 5.88. The molecule has 0 spiro atoms. The molecule has 0 aliphatic rings. The first-order chi connectivity index (χ1) is 8.25. The molecule has 0 unspecified atom stereocenters. The molecule has 0 aliphatic carbocycles. The number of aryl methyl sites for hydroxylation is 1. The summed E-state index contributed by atoms with van der Waals surface area (Å²) in [5, 5.41) is 4.08. The Bertz CT molecular complexity index is 448. The van der Waals surface area contributed by atoms with Crippen LogP contribution < -0.4 is 0 Å². The first kappa shape index (κ1) is 11.4. The topological polar surface area (TPSA) is 57.3 Å². The number of esters is 1. The Morgan fingerprint density at radius 1 is 1.65 bits per heavy atom. The van der Waals surface area contributed by atoms with Gasteiger partial charge in [0.15, 0.2) is 0 Å². The molecule has 0 amide bonds. The summed E-state index contributed by atoms with van der Waals surface area (Å²) in [5.41, 5.74) is 0.441. The molecule has 0 fully saturated rings. The minimum Gasteiger partial charge on any atom is -0.472 e. The third kappa shape index (κ3) is 3.21. The molecule has 90 valence electrons. The lowest BCUT2D eigenvalue weighted by Crippen LogP contribution is -2.17. The minimum absolute atomic E-state index is 0.151. The van der Waals surface area contributed by atoms with Gasteiger partial charge in [-0.3, -0.25) is 4.68 Å². The van der Waals surface area contributed by atoms with E-state index in [2.05, 4.69) is 5.10 Å². The van der Waals surface area contributed by atoms with E-state index in [0.717, 1.165) is 13.0 Å². The van der Waals surface area contributed by atoms with Gasteiger partial charge in [0.1, 0.15) is 12.4 Å². The summed E-state index contributed by atoms with van der Waals surface area (Å²) in [4.78, 5) is 11.6. The Hall–Kier alpha value is -2.04. The van der Waals surface area contributed by atoms with Crippen molar-refractivity contribution in [2.75, 3.05) is 0 Å². The molecular formula is C12H14N2O3. The number of furan rings is 1. The highest BCUT2D eigenvalue weighted by atomic mass is 16.5. The average molecular weight is 234 g/mol. The summed E-state index contributed by atoms with van der Waals surface area (Å²) >= 11 is 0. The summed E-state index contributed by atoms with van der Waals surface area (Å²) in [6.45, 7) is 2.59. The Morgan fingerprint density at radius 3 is 3.18 bits per heavy atom. The monoisotopic (exact) mass is 234 g/mol. The zero-order valence-electron chi connectivity index (χ0n) is 9.57. The van der Waals surface area contributed by atoms with Gasteiger partial charge in [-0.15, -0.1) is 0 Å². The van der Waals surface area contributed by atoms with Crippen LogP contribution in [0.25, 0.3) is 0 Å². The highest BCUT2D eigenvalue weighted by Gasteiger charge is 2.12. The van der Waals surface area contributed by atoms with E-state index >= 15 is 0 Å². The maximum atomic E-state index is 11.6. The van der Waals surface area contributed by atoms with Gasteiger partial charge in [0.25, 0.3) is 0 Å². The summed E-state index contributed by atoms with van der Waals surface area (Å²) in [6, 6.07) is 3.45. The third-order valence-electron chi connectivity index (χ3n) is 2.39. The van der Waals surface area contributed by atoms with Gasteiger partial charge < -0.3 is 9.15 Å². The van der Waals surface area contributed by atoms with E-state index in [1.54, 1.807) is 12.3 Å². The maximum absolute atomic E-state index is 11.6. The Labute approximate surface area is 99.0 Å². The van der Waals surface area contributed by atoms with Gasteiger partial charge in [-0.1, -0.05) is 0 Å². The van der Waals surface area contributed by atoms with Crippen LogP contribution in [0.1, 0.15) is 23.7 Å². The molecule has 0 saturated heterocycles. The first-order valence-corrected chi connectivity index (χ1v) is 5.46. The number of hydrogen-bond donors (Lipinski definition) is 0. The molecule has 0 saturated carbocycles. The molecule has 5 heteroatoms. The smallest absolute Gasteiger partial charge is 0.341 e. The van der Waals surface area contributed by atoms with E-state index in [9.17, 15) is 4.79 Å². The molecule has 2 aromatic heterocycles. The van der Waals surface area contributed by atoms with Crippen LogP contribution in [-0.4, -0.2) is 21.9 Å². The Morgan fingerprint density at radius 2 is 2.53 bits per heavy atom. The lowest BCUT2D eigenvalue weighted by atomic mass is 10.3. The number of nitrogens with zero attached hydrogens (tertiary/aromatic N) is 2. The maximum Gasteiger partial charge on any atom is 0.341 e. The van der Waals surface area contributed by atoms with E-state index in [1.165, 1.54) is 12.5 Å². The fourth-order valence-electron chi connectivity index (χ4n) is 1.44. The number of rotatable bonds is 5. The van der Waals surface area contributed by atoms with Gasteiger partial charge >= 0.3 is 5.97 Å². The van der Waals surface area contributed by atoms with Crippen molar-refractivity contribution in [3.8, 4) is 0 Å². The second-order valence-electron chi connectivity index (χ2n) is 3.79. The van der Waals surface area contributed by atoms with Gasteiger partial charge in [-0.05, 0) is 19.1 Å².